The van der Waals surface area contributed by atoms with Gasteiger partial charge in [0.2, 0.25) is 15.9 Å². The highest BCUT2D eigenvalue weighted by Gasteiger charge is 2.38. The average Bonchev–Trinajstić information content (AvgIpc) is 3.02. The number of aliphatic carboxylic acids is 1. The summed E-state index contributed by atoms with van der Waals surface area (Å²) in [7, 11) is -3.69. The minimum atomic E-state index is -5.08. The highest BCUT2D eigenvalue weighted by atomic mass is 32.2. The number of halogens is 5. The first kappa shape index (κ1) is 27.9. The first-order valence-corrected chi connectivity index (χ1v) is 11.7. The molecule has 3 rings (SSSR count). The van der Waals surface area contributed by atoms with E-state index in [0.29, 0.717) is 6.42 Å². The number of benzene rings is 1. The van der Waals surface area contributed by atoms with E-state index in [0.717, 1.165) is 18.2 Å². The third-order valence-corrected chi connectivity index (χ3v) is 7.21. The Kier molecular flexibility index (Phi) is 8.31. The van der Waals surface area contributed by atoms with Crippen LogP contribution in [0.4, 0.5) is 27.6 Å². The van der Waals surface area contributed by atoms with E-state index in [1.165, 1.54) is 17.3 Å². The summed E-state index contributed by atoms with van der Waals surface area (Å²) in [5.41, 5.74) is 1.59. The zero-order valence-electron chi connectivity index (χ0n) is 18.8. The molecule has 1 N–H and O–H groups in total. The van der Waals surface area contributed by atoms with Crippen LogP contribution in [0.3, 0.4) is 0 Å². The number of sulfonamides is 1. The van der Waals surface area contributed by atoms with Crippen molar-refractivity contribution in [3.63, 3.8) is 0 Å². The first-order chi connectivity index (χ1) is 15.4. The zero-order chi connectivity index (χ0) is 26.1. The molecule has 0 radical (unpaired) electrons. The summed E-state index contributed by atoms with van der Waals surface area (Å²) >= 11 is 0. The van der Waals surface area contributed by atoms with Crippen LogP contribution in [-0.4, -0.2) is 85.5 Å². The maximum atomic E-state index is 13.1. The summed E-state index contributed by atoms with van der Waals surface area (Å²) in [6.07, 6.45) is -4.47. The molecule has 2 aliphatic heterocycles. The van der Waals surface area contributed by atoms with Crippen molar-refractivity contribution in [2.45, 2.75) is 50.2 Å². The topological polar surface area (TPSA) is 98.2 Å². The van der Waals surface area contributed by atoms with Crippen LogP contribution in [0, 0.1) is 0 Å². The summed E-state index contributed by atoms with van der Waals surface area (Å²) in [5, 5.41) is 7.12. The van der Waals surface area contributed by atoms with E-state index in [4.69, 9.17) is 9.90 Å². The SMILES string of the molecule is CC(=O)N1c2ccc(S(=O)(=O)N3CCN(CC(C)(F)F)CC3)cc2CC1C.O=C(O)C(F)(F)F. The van der Waals surface area contributed by atoms with Crippen LogP contribution in [0.15, 0.2) is 23.1 Å². The normalized spacial score (nSPS) is 19.9. The van der Waals surface area contributed by atoms with Gasteiger partial charge in [-0.1, -0.05) is 0 Å². The molecule has 1 saturated heterocycles. The van der Waals surface area contributed by atoms with Gasteiger partial charge in [-0.15, -0.1) is 0 Å². The lowest BCUT2D eigenvalue weighted by Gasteiger charge is -2.35. The van der Waals surface area contributed by atoms with Gasteiger partial charge in [0.05, 0.1) is 11.4 Å². The Labute approximate surface area is 194 Å². The number of amides is 1. The molecule has 1 amide bonds. The molecule has 1 aromatic carbocycles. The number of alkyl halides is 5. The van der Waals surface area contributed by atoms with Crippen LogP contribution >= 0.6 is 0 Å². The van der Waals surface area contributed by atoms with Crippen LogP contribution in [0.2, 0.25) is 0 Å². The van der Waals surface area contributed by atoms with E-state index >= 15 is 0 Å². The molecular formula is C20H26F5N3O5S. The predicted octanol–water partition coefficient (Wildman–Crippen LogP) is 2.58. The highest BCUT2D eigenvalue weighted by Crippen LogP contribution is 2.34. The largest absolute Gasteiger partial charge is 0.490 e. The number of piperazine rings is 1. The number of carboxylic acid groups (broad SMARTS) is 1. The Balaban J connectivity index is 0.000000509. The molecule has 1 unspecified atom stereocenters. The summed E-state index contributed by atoms with van der Waals surface area (Å²) in [4.78, 5) is 24.2. The Bertz CT molecular complexity index is 1020. The molecule has 1 aromatic rings. The number of nitrogens with zero attached hydrogens (tertiary/aromatic N) is 3. The summed E-state index contributed by atoms with van der Waals surface area (Å²) in [6, 6.07) is 4.83. The molecule has 2 heterocycles. The summed E-state index contributed by atoms with van der Waals surface area (Å²) < 4.78 is 85.3. The van der Waals surface area contributed by atoms with Gasteiger partial charge < -0.3 is 10.0 Å². The van der Waals surface area contributed by atoms with Gasteiger partial charge in [-0.3, -0.25) is 9.69 Å². The molecular weight excluding hydrogens is 489 g/mol. The van der Waals surface area contributed by atoms with Crippen LogP contribution < -0.4 is 4.90 Å². The molecule has 0 spiro atoms. The molecule has 192 valence electrons. The fourth-order valence-corrected chi connectivity index (χ4v) is 5.39. The molecule has 1 fully saturated rings. The molecule has 0 bridgehead atoms. The fourth-order valence-electron chi connectivity index (χ4n) is 3.92. The summed E-state index contributed by atoms with van der Waals surface area (Å²) in [5.74, 6) is -5.62. The zero-order valence-corrected chi connectivity index (χ0v) is 19.6. The lowest BCUT2D eigenvalue weighted by Crippen LogP contribution is -2.50. The highest BCUT2D eigenvalue weighted by molar-refractivity contribution is 7.89. The standard InChI is InChI=1S/C18H25F2N3O3S.C2HF3O2/c1-13-10-15-11-16(4-5-17(15)23(13)14(2)24)27(25,26)22-8-6-21(7-9-22)12-18(3,19)20;3-2(4,5)1(6)7/h4-5,11,13H,6-10,12H2,1-3H3;(H,6,7). The smallest absolute Gasteiger partial charge is 0.475 e. The monoisotopic (exact) mass is 515 g/mol. The molecule has 0 saturated carbocycles. The number of carbonyl (C=O) groups is 2. The van der Waals surface area contributed by atoms with Gasteiger partial charge in [-0.05, 0) is 37.1 Å². The van der Waals surface area contributed by atoms with Crippen LogP contribution in [0.5, 0.6) is 0 Å². The van der Waals surface area contributed by atoms with E-state index in [1.54, 1.807) is 21.9 Å². The minimum absolute atomic E-state index is 0.00490. The van der Waals surface area contributed by atoms with Crippen molar-refractivity contribution in [2.24, 2.45) is 0 Å². The van der Waals surface area contributed by atoms with Gasteiger partial charge in [0.15, 0.2) is 0 Å². The second-order valence-corrected chi connectivity index (χ2v) is 10.2. The Morgan fingerprint density at radius 1 is 1.09 bits per heavy atom. The van der Waals surface area contributed by atoms with E-state index in [-0.39, 0.29) is 49.6 Å². The number of fused-ring (bicyclic) bond motifs is 1. The van der Waals surface area contributed by atoms with Crippen molar-refractivity contribution in [2.75, 3.05) is 37.6 Å². The number of rotatable bonds is 4. The van der Waals surface area contributed by atoms with E-state index in [2.05, 4.69) is 0 Å². The third kappa shape index (κ3) is 6.85. The Morgan fingerprint density at radius 2 is 1.62 bits per heavy atom. The van der Waals surface area contributed by atoms with Gasteiger partial charge in [0, 0.05) is 51.8 Å². The number of carbonyl (C=O) groups excluding carboxylic acids is 1. The molecule has 14 heteroatoms. The van der Waals surface area contributed by atoms with Crippen LogP contribution in [-0.2, 0) is 26.0 Å². The van der Waals surface area contributed by atoms with Crippen molar-refractivity contribution in [1.29, 1.82) is 0 Å². The number of hydrogen-bond donors (Lipinski definition) is 1. The molecule has 0 aromatic heterocycles. The molecule has 1 atom stereocenters. The van der Waals surface area contributed by atoms with Crippen LogP contribution in [0.1, 0.15) is 26.3 Å². The van der Waals surface area contributed by atoms with Crippen molar-refractivity contribution in [1.82, 2.24) is 9.21 Å². The van der Waals surface area contributed by atoms with Crippen LogP contribution in [0.25, 0.3) is 0 Å². The molecule has 34 heavy (non-hydrogen) atoms. The molecule has 0 aliphatic carbocycles. The van der Waals surface area contributed by atoms with Gasteiger partial charge in [0.1, 0.15) is 0 Å². The van der Waals surface area contributed by atoms with Crippen molar-refractivity contribution in [3.8, 4) is 0 Å². The quantitative estimate of drug-likeness (QED) is 0.620. The number of carboxylic acids is 1. The summed E-state index contributed by atoms with van der Waals surface area (Å²) in [6.45, 7) is 4.86. The average molecular weight is 516 g/mol. The van der Waals surface area contributed by atoms with Gasteiger partial charge >= 0.3 is 12.1 Å². The fraction of sp³-hybridized carbons (Fsp3) is 0.600. The van der Waals surface area contributed by atoms with Gasteiger partial charge in [0.25, 0.3) is 5.92 Å². The van der Waals surface area contributed by atoms with Gasteiger partial charge in [-0.2, -0.15) is 17.5 Å². The molecule has 8 nitrogen and oxygen atoms in total. The Morgan fingerprint density at radius 3 is 2.06 bits per heavy atom. The number of hydrogen-bond acceptors (Lipinski definition) is 5. The van der Waals surface area contributed by atoms with E-state index in [9.17, 15) is 35.2 Å². The second-order valence-electron chi connectivity index (χ2n) is 8.29. The minimum Gasteiger partial charge on any atom is -0.475 e. The Hall–Kier alpha value is -2.32. The maximum Gasteiger partial charge on any atom is 0.490 e. The maximum absolute atomic E-state index is 13.1. The lowest BCUT2D eigenvalue weighted by molar-refractivity contribution is -0.192. The first-order valence-electron chi connectivity index (χ1n) is 10.3. The van der Waals surface area contributed by atoms with Crippen molar-refractivity contribution >= 4 is 27.6 Å². The van der Waals surface area contributed by atoms with Gasteiger partial charge in [-0.25, -0.2) is 22.0 Å². The van der Waals surface area contributed by atoms with Crippen molar-refractivity contribution in [3.05, 3.63) is 23.8 Å². The molecule has 2 aliphatic rings. The predicted molar refractivity (Wildman–Crippen MR) is 112 cm³/mol. The second kappa shape index (κ2) is 10.1. The van der Waals surface area contributed by atoms with E-state index in [1.807, 2.05) is 6.92 Å². The van der Waals surface area contributed by atoms with Crippen molar-refractivity contribution < 1.29 is 45.1 Å². The van der Waals surface area contributed by atoms with E-state index < -0.39 is 28.1 Å². The lowest BCUT2D eigenvalue weighted by atomic mass is 10.1. The number of anilines is 1. The third-order valence-electron chi connectivity index (χ3n) is 5.32.